The lowest BCUT2D eigenvalue weighted by Gasteiger charge is -2.53. The molecule has 6 atom stereocenters. The van der Waals surface area contributed by atoms with Crippen LogP contribution in [0.15, 0.2) is 24.3 Å². The molecule has 0 N–H and O–H groups in total. The predicted molar refractivity (Wildman–Crippen MR) is 78.3 cm³/mol. The lowest BCUT2D eigenvalue weighted by molar-refractivity contribution is 0.0367. The second-order valence-electron chi connectivity index (χ2n) is 7.44. The first-order valence-electron chi connectivity index (χ1n) is 7.93. The zero-order valence-corrected chi connectivity index (χ0v) is 12.1. The van der Waals surface area contributed by atoms with Gasteiger partial charge in [0.05, 0.1) is 0 Å². The van der Waals surface area contributed by atoms with Crippen molar-refractivity contribution in [2.45, 2.75) is 52.4 Å². The third kappa shape index (κ3) is 1.89. The predicted octanol–water partition coefficient (Wildman–Crippen LogP) is 5.22. The van der Waals surface area contributed by atoms with Crippen molar-refractivity contribution in [1.29, 1.82) is 0 Å². The van der Waals surface area contributed by atoms with Gasteiger partial charge in [-0.3, -0.25) is 0 Å². The van der Waals surface area contributed by atoms with Gasteiger partial charge in [-0.05, 0) is 74.0 Å². The van der Waals surface area contributed by atoms with E-state index in [-0.39, 0.29) is 0 Å². The molecule has 0 heterocycles. The maximum Gasteiger partial charge on any atom is -0.0107 e. The van der Waals surface area contributed by atoms with Gasteiger partial charge < -0.3 is 0 Å². The van der Waals surface area contributed by atoms with Crippen LogP contribution in [-0.2, 0) is 0 Å². The largest absolute Gasteiger partial charge is 0.0995 e. The fourth-order valence-electron chi connectivity index (χ4n) is 5.48. The summed E-state index contributed by atoms with van der Waals surface area (Å²) < 4.78 is 0. The number of fused-ring (bicyclic) bond motifs is 3. The highest BCUT2D eigenvalue weighted by molar-refractivity contribution is 5.21. The van der Waals surface area contributed by atoms with Crippen LogP contribution in [0.2, 0.25) is 0 Å². The van der Waals surface area contributed by atoms with Gasteiger partial charge in [-0.2, -0.15) is 0 Å². The van der Waals surface area contributed by atoms with Crippen LogP contribution in [0.1, 0.15) is 52.4 Å². The van der Waals surface area contributed by atoms with Crippen LogP contribution >= 0.6 is 0 Å². The SMILES string of the molecule is C=C1C[C@H](C)C[C@@H]2C[C@H](C)[C@H]3CCCC(=C)[C@@H]3[C@@H]12. The van der Waals surface area contributed by atoms with Crippen LogP contribution in [0, 0.1) is 35.5 Å². The van der Waals surface area contributed by atoms with Crippen molar-refractivity contribution in [2.24, 2.45) is 35.5 Å². The molecule has 0 spiro atoms. The molecular weight excluding hydrogens is 216 g/mol. The summed E-state index contributed by atoms with van der Waals surface area (Å²) in [5, 5.41) is 0. The Balaban J connectivity index is 1.92. The van der Waals surface area contributed by atoms with Crippen LogP contribution in [0.3, 0.4) is 0 Å². The second-order valence-corrected chi connectivity index (χ2v) is 7.44. The molecule has 0 aromatic rings. The van der Waals surface area contributed by atoms with Crippen molar-refractivity contribution in [2.75, 3.05) is 0 Å². The van der Waals surface area contributed by atoms with Gasteiger partial charge in [-0.15, -0.1) is 0 Å². The first-order chi connectivity index (χ1) is 8.58. The van der Waals surface area contributed by atoms with Crippen LogP contribution in [-0.4, -0.2) is 0 Å². The lowest BCUT2D eigenvalue weighted by atomic mass is 9.52. The third-order valence-electron chi connectivity index (χ3n) is 6.06. The quantitative estimate of drug-likeness (QED) is 0.513. The van der Waals surface area contributed by atoms with Crippen molar-refractivity contribution in [3.63, 3.8) is 0 Å². The molecule has 0 heteroatoms. The Hall–Kier alpha value is -0.520. The monoisotopic (exact) mass is 244 g/mol. The van der Waals surface area contributed by atoms with Gasteiger partial charge in [0.15, 0.2) is 0 Å². The highest BCUT2D eigenvalue weighted by atomic mass is 14.5. The topological polar surface area (TPSA) is 0 Å². The zero-order valence-electron chi connectivity index (χ0n) is 12.1. The second kappa shape index (κ2) is 4.54. The fraction of sp³-hybridized carbons (Fsp3) is 0.778. The van der Waals surface area contributed by atoms with Gasteiger partial charge in [-0.25, -0.2) is 0 Å². The van der Waals surface area contributed by atoms with Crippen molar-refractivity contribution >= 4 is 0 Å². The Morgan fingerprint density at radius 3 is 2.56 bits per heavy atom. The van der Waals surface area contributed by atoms with Gasteiger partial charge in [0.2, 0.25) is 0 Å². The molecule has 0 bridgehead atoms. The van der Waals surface area contributed by atoms with Crippen molar-refractivity contribution in [3.05, 3.63) is 24.3 Å². The Kier molecular flexibility index (Phi) is 3.16. The Morgan fingerprint density at radius 1 is 1.00 bits per heavy atom. The molecule has 0 unspecified atom stereocenters. The number of allylic oxidation sites excluding steroid dienone is 2. The van der Waals surface area contributed by atoms with E-state index < -0.39 is 0 Å². The molecule has 18 heavy (non-hydrogen) atoms. The molecule has 0 saturated heterocycles. The van der Waals surface area contributed by atoms with E-state index in [0.717, 1.165) is 35.5 Å². The summed E-state index contributed by atoms with van der Waals surface area (Å²) in [6.45, 7) is 13.8. The summed E-state index contributed by atoms with van der Waals surface area (Å²) in [5.41, 5.74) is 3.12. The Morgan fingerprint density at radius 2 is 1.78 bits per heavy atom. The number of hydrogen-bond acceptors (Lipinski definition) is 0. The third-order valence-corrected chi connectivity index (χ3v) is 6.06. The van der Waals surface area contributed by atoms with Crippen LogP contribution in [0.25, 0.3) is 0 Å². The molecule has 3 aliphatic carbocycles. The molecule has 3 fully saturated rings. The molecule has 100 valence electrons. The Bertz CT molecular complexity index is 364. The molecule has 3 saturated carbocycles. The van der Waals surface area contributed by atoms with Gasteiger partial charge in [0, 0.05) is 0 Å². The smallest absolute Gasteiger partial charge is 0.0107 e. The minimum Gasteiger partial charge on any atom is -0.0995 e. The van der Waals surface area contributed by atoms with E-state index >= 15 is 0 Å². The van der Waals surface area contributed by atoms with Crippen molar-refractivity contribution < 1.29 is 0 Å². The maximum atomic E-state index is 4.46. The van der Waals surface area contributed by atoms with Gasteiger partial charge in [-0.1, -0.05) is 38.2 Å². The summed E-state index contributed by atoms with van der Waals surface area (Å²) in [6, 6.07) is 0. The summed E-state index contributed by atoms with van der Waals surface area (Å²) >= 11 is 0. The summed E-state index contributed by atoms with van der Waals surface area (Å²) in [6.07, 6.45) is 8.25. The molecule has 0 radical (unpaired) electrons. The summed E-state index contributed by atoms with van der Waals surface area (Å²) in [7, 11) is 0. The van der Waals surface area contributed by atoms with Crippen LogP contribution < -0.4 is 0 Å². The lowest BCUT2D eigenvalue weighted by Crippen LogP contribution is -2.45. The normalized spacial score (nSPS) is 48.6. The maximum absolute atomic E-state index is 4.46. The van der Waals surface area contributed by atoms with Crippen molar-refractivity contribution in [1.82, 2.24) is 0 Å². The van der Waals surface area contributed by atoms with Gasteiger partial charge >= 0.3 is 0 Å². The average Bonchev–Trinajstić information content (AvgIpc) is 2.29. The number of hydrogen-bond donors (Lipinski definition) is 0. The molecule has 0 aromatic carbocycles. The molecule has 3 rings (SSSR count). The molecular formula is C18H28. The van der Waals surface area contributed by atoms with E-state index in [2.05, 4.69) is 27.0 Å². The molecule has 3 aliphatic rings. The van der Waals surface area contributed by atoms with Crippen LogP contribution in [0.5, 0.6) is 0 Å². The highest BCUT2D eigenvalue weighted by Gasteiger charge is 2.47. The first kappa shape index (κ1) is 12.5. The van der Waals surface area contributed by atoms with Gasteiger partial charge in [0.1, 0.15) is 0 Å². The van der Waals surface area contributed by atoms with E-state index in [1.54, 1.807) is 11.1 Å². The minimum absolute atomic E-state index is 0.785. The molecule has 0 aliphatic heterocycles. The fourth-order valence-corrected chi connectivity index (χ4v) is 5.48. The van der Waals surface area contributed by atoms with E-state index in [4.69, 9.17) is 0 Å². The van der Waals surface area contributed by atoms with E-state index in [1.165, 1.54) is 38.5 Å². The highest BCUT2D eigenvalue weighted by Crippen LogP contribution is 2.56. The number of rotatable bonds is 0. The molecule has 0 nitrogen and oxygen atoms in total. The average molecular weight is 244 g/mol. The van der Waals surface area contributed by atoms with Crippen molar-refractivity contribution in [3.8, 4) is 0 Å². The molecule has 0 aromatic heterocycles. The van der Waals surface area contributed by atoms with E-state index in [1.807, 2.05) is 0 Å². The minimum atomic E-state index is 0.785. The molecule has 0 amide bonds. The first-order valence-corrected chi connectivity index (χ1v) is 7.93. The van der Waals surface area contributed by atoms with E-state index in [0.29, 0.717) is 0 Å². The zero-order chi connectivity index (χ0) is 12.9. The Labute approximate surface area is 113 Å². The standard InChI is InChI=1S/C18H28/c1-11-8-14(4)17-15(9-11)10-13(3)16-7-5-6-12(2)18(16)17/h11,13,15-18H,2,4-10H2,1,3H3/t11-,13-,15+,16+,17-,18-/m0/s1. The summed E-state index contributed by atoms with van der Waals surface area (Å²) in [5.74, 6) is 5.17. The van der Waals surface area contributed by atoms with E-state index in [9.17, 15) is 0 Å². The summed E-state index contributed by atoms with van der Waals surface area (Å²) in [4.78, 5) is 0. The van der Waals surface area contributed by atoms with Gasteiger partial charge in [0.25, 0.3) is 0 Å². The van der Waals surface area contributed by atoms with Crippen LogP contribution in [0.4, 0.5) is 0 Å².